The quantitative estimate of drug-likeness (QED) is 0.646. The van der Waals surface area contributed by atoms with Crippen molar-refractivity contribution < 1.29 is 19.1 Å². The molecule has 2 aromatic rings. The summed E-state index contributed by atoms with van der Waals surface area (Å²) in [5.74, 6) is -1.23. The highest BCUT2D eigenvalue weighted by Gasteiger charge is 2.33. The number of amides is 3. The smallest absolute Gasteiger partial charge is 0.261 e. The van der Waals surface area contributed by atoms with Crippen LogP contribution in [0.3, 0.4) is 0 Å². The highest BCUT2D eigenvalue weighted by atomic mass is 16.5. The summed E-state index contributed by atoms with van der Waals surface area (Å²) < 4.78 is 4.91. The first kappa shape index (κ1) is 16.1. The van der Waals surface area contributed by atoms with Crippen molar-refractivity contribution >= 4 is 28.5 Å². The summed E-state index contributed by atoms with van der Waals surface area (Å²) in [7, 11) is 1.59. The SMILES string of the molecule is COCCCNC(=O)CN1C(=O)c2cccc3cccc(c23)C1=O. The lowest BCUT2D eigenvalue weighted by molar-refractivity contribution is -0.121. The van der Waals surface area contributed by atoms with Crippen LogP contribution in [0.2, 0.25) is 0 Å². The first-order valence-electron chi connectivity index (χ1n) is 7.77. The van der Waals surface area contributed by atoms with E-state index in [4.69, 9.17) is 4.74 Å². The van der Waals surface area contributed by atoms with Crippen LogP contribution in [-0.4, -0.2) is 49.4 Å². The van der Waals surface area contributed by atoms with Crippen molar-refractivity contribution in [2.75, 3.05) is 26.8 Å². The van der Waals surface area contributed by atoms with Crippen molar-refractivity contribution in [2.24, 2.45) is 0 Å². The van der Waals surface area contributed by atoms with Crippen LogP contribution in [0.15, 0.2) is 36.4 Å². The molecule has 24 heavy (non-hydrogen) atoms. The molecule has 0 atom stereocenters. The number of hydrogen-bond acceptors (Lipinski definition) is 4. The lowest BCUT2D eigenvalue weighted by atomic mass is 9.94. The van der Waals surface area contributed by atoms with E-state index in [0.29, 0.717) is 36.1 Å². The Morgan fingerprint density at radius 3 is 2.29 bits per heavy atom. The number of benzene rings is 2. The van der Waals surface area contributed by atoms with Crippen LogP contribution in [0.4, 0.5) is 0 Å². The standard InChI is InChI=1S/C18H18N2O4/c1-24-10-4-9-19-15(21)11-20-17(22)13-7-2-5-12-6-3-8-14(16(12)13)18(20)23/h2-3,5-8H,4,9-11H2,1H3,(H,19,21). The summed E-state index contributed by atoms with van der Waals surface area (Å²) in [5, 5.41) is 4.19. The molecular formula is C18H18N2O4. The Kier molecular flexibility index (Phi) is 4.57. The third-order valence-corrected chi connectivity index (χ3v) is 4.00. The molecule has 1 heterocycles. The molecular weight excluding hydrogens is 308 g/mol. The predicted octanol–water partition coefficient (Wildman–Crippen LogP) is 1.59. The molecule has 0 aliphatic carbocycles. The largest absolute Gasteiger partial charge is 0.385 e. The molecule has 0 saturated heterocycles. The average Bonchev–Trinajstić information content (AvgIpc) is 2.60. The highest BCUT2D eigenvalue weighted by molar-refractivity contribution is 6.26. The normalized spacial score (nSPS) is 13.5. The molecule has 0 aromatic heterocycles. The Balaban J connectivity index is 1.81. The molecule has 3 rings (SSSR count). The fourth-order valence-corrected chi connectivity index (χ4v) is 2.87. The Morgan fingerprint density at radius 1 is 1.08 bits per heavy atom. The van der Waals surface area contributed by atoms with E-state index in [-0.39, 0.29) is 12.5 Å². The minimum Gasteiger partial charge on any atom is -0.385 e. The van der Waals surface area contributed by atoms with Gasteiger partial charge in [0.05, 0.1) is 0 Å². The molecule has 0 spiro atoms. The fraction of sp³-hybridized carbons (Fsp3) is 0.278. The number of nitrogens with zero attached hydrogens (tertiary/aromatic N) is 1. The molecule has 1 aliphatic heterocycles. The molecule has 0 saturated carbocycles. The zero-order valence-corrected chi connectivity index (χ0v) is 13.4. The van der Waals surface area contributed by atoms with E-state index in [0.717, 1.165) is 10.3 Å². The lowest BCUT2D eigenvalue weighted by Crippen LogP contribution is -2.46. The van der Waals surface area contributed by atoms with E-state index in [1.54, 1.807) is 31.4 Å². The van der Waals surface area contributed by atoms with Crippen LogP contribution in [0.5, 0.6) is 0 Å². The molecule has 1 N–H and O–H groups in total. The van der Waals surface area contributed by atoms with E-state index in [1.165, 1.54) is 0 Å². The van der Waals surface area contributed by atoms with Gasteiger partial charge in [-0.1, -0.05) is 24.3 Å². The van der Waals surface area contributed by atoms with Gasteiger partial charge in [0.1, 0.15) is 6.54 Å². The Bertz CT molecular complexity index is 765. The molecule has 124 valence electrons. The minimum absolute atomic E-state index is 0.282. The third-order valence-electron chi connectivity index (χ3n) is 4.00. The molecule has 0 fully saturated rings. The zero-order chi connectivity index (χ0) is 17.1. The second-order valence-electron chi connectivity index (χ2n) is 5.60. The Morgan fingerprint density at radius 2 is 1.71 bits per heavy atom. The van der Waals surface area contributed by atoms with E-state index in [9.17, 15) is 14.4 Å². The molecule has 2 aromatic carbocycles. The van der Waals surface area contributed by atoms with Crippen LogP contribution >= 0.6 is 0 Å². The van der Waals surface area contributed by atoms with Crippen molar-refractivity contribution in [3.8, 4) is 0 Å². The summed E-state index contributed by atoms with van der Waals surface area (Å²) in [4.78, 5) is 38.3. The number of nitrogens with one attached hydrogen (secondary N) is 1. The van der Waals surface area contributed by atoms with Gasteiger partial charge in [-0.3, -0.25) is 19.3 Å². The molecule has 0 radical (unpaired) electrons. The van der Waals surface area contributed by atoms with Crippen molar-refractivity contribution in [3.05, 3.63) is 47.5 Å². The lowest BCUT2D eigenvalue weighted by Gasteiger charge is -2.26. The number of ether oxygens (including phenoxy) is 1. The molecule has 0 unspecified atom stereocenters. The zero-order valence-electron chi connectivity index (χ0n) is 13.4. The topological polar surface area (TPSA) is 75.7 Å². The first-order valence-corrected chi connectivity index (χ1v) is 7.77. The van der Waals surface area contributed by atoms with E-state index in [1.807, 2.05) is 12.1 Å². The fourth-order valence-electron chi connectivity index (χ4n) is 2.87. The molecule has 0 bridgehead atoms. The summed E-state index contributed by atoms with van der Waals surface area (Å²) in [5.41, 5.74) is 0.907. The van der Waals surface area contributed by atoms with Gasteiger partial charge in [0.2, 0.25) is 5.91 Å². The predicted molar refractivity (Wildman–Crippen MR) is 88.8 cm³/mol. The minimum atomic E-state index is -0.434. The second kappa shape index (κ2) is 6.80. The van der Waals surface area contributed by atoms with Crippen LogP contribution in [0, 0.1) is 0 Å². The van der Waals surface area contributed by atoms with Gasteiger partial charge in [0.15, 0.2) is 0 Å². The van der Waals surface area contributed by atoms with Gasteiger partial charge in [-0.05, 0) is 23.9 Å². The van der Waals surface area contributed by atoms with Gasteiger partial charge in [-0.25, -0.2) is 0 Å². The summed E-state index contributed by atoms with van der Waals surface area (Å²) >= 11 is 0. The van der Waals surface area contributed by atoms with E-state index in [2.05, 4.69) is 5.32 Å². The average molecular weight is 326 g/mol. The van der Waals surface area contributed by atoms with Gasteiger partial charge in [-0.15, -0.1) is 0 Å². The molecule has 3 amide bonds. The Labute approximate surface area is 139 Å². The van der Waals surface area contributed by atoms with Crippen molar-refractivity contribution in [2.45, 2.75) is 6.42 Å². The summed E-state index contributed by atoms with van der Waals surface area (Å²) in [6, 6.07) is 10.6. The van der Waals surface area contributed by atoms with Crippen LogP contribution in [-0.2, 0) is 9.53 Å². The van der Waals surface area contributed by atoms with Crippen LogP contribution in [0.1, 0.15) is 27.1 Å². The van der Waals surface area contributed by atoms with Crippen molar-refractivity contribution in [3.63, 3.8) is 0 Å². The van der Waals surface area contributed by atoms with Gasteiger partial charge < -0.3 is 10.1 Å². The maximum atomic E-state index is 12.6. The molecule has 6 heteroatoms. The maximum absolute atomic E-state index is 12.6. The molecule has 6 nitrogen and oxygen atoms in total. The van der Waals surface area contributed by atoms with E-state index >= 15 is 0 Å². The van der Waals surface area contributed by atoms with Gasteiger partial charge in [0.25, 0.3) is 11.8 Å². The number of methoxy groups -OCH3 is 1. The highest BCUT2D eigenvalue weighted by Crippen LogP contribution is 2.29. The van der Waals surface area contributed by atoms with Crippen LogP contribution in [0.25, 0.3) is 10.8 Å². The van der Waals surface area contributed by atoms with Gasteiger partial charge >= 0.3 is 0 Å². The summed E-state index contributed by atoms with van der Waals surface area (Å²) in [6.45, 7) is 0.696. The number of carbonyl (C=O) groups excluding carboxylic acids is 3. The van der Waals surface area contributed by atoms with Gasteiger partial charge in [0, 0.05) is 36.8 Å². The van der Waals surface area contributed by atoms with E-state index < -0.39 is 11.8 Å². The first-order chi connectivity index (χ1) is 11.6. The maximum Gasteiger partial charge on any atom is 0.261 e. The third kappa shape index (κ3) is 2.88. The van der Waals surface area contributed by atoms with Crippen molar-refractivity contribution in [1.29, 1.82) is 0 Å². The van der Waals surface area contributed by atoms with Crippen molar-refractivity contribution in [1.82, 2.24) is 10.2 Å². The molecule has 1 aliphatic rings. The summed E-state index contributed by atoms with van der Waals surface area (Å²) in [6.07, 6.45) is 0.673. The second-order valence-corrected chi connectivity index (χ2v) is 5.60. The number of imide groups is 1. The number of carbonyl (C=O) groups is 3. The number of rotatable bonds is 6. The number of hydrogen-bond donors (Lipinski definition) is 1. The van der Waals surface area contributed by atoms with Crippen LogP contribution < -0.4 is 5.32 Å². The van der Waals surface area contributed by atoms with Gasteiger partial charge in [-0.2, -0.15) is 0 Å². The monoisotopic (exact) mass is 326 g/mol. The Hall–Kier alpha value is -2.73.